The highest BCUT2D eigenvalue weighted by Crippen LogP contribution is 2.21. The zero-order valence-electron chi connectivity index (χ0n) is 16.0. The summed E-state index contributed by atoms with van der Waals surface area (Å²) in [5.41, 5.74) is 8.56. The number of benzene rings is 2. The lowest BCUT2D eigenvalue weighted by molar-refractivity contribution is -0.115. The van der Waals surface area contributed by atoms with Gasteiger partial charge in [-0.3, -0.25) is 4.79 Å². The summed E-state index contributed by atoms with van der Waals surface area (Å²) < 4.78 is 0.959. The van der Waals surface area contributed by atoms with Crippen LogP contribution < -0.4 is 16.4 Å². The van der Waals surface area contributed by atoms with Crippen molar-refractivity contribution in [3.63, 3.8) is 0 Å². The molecule has 0 spiro atoms. The van der Waals surface area contributed by atoms with Gasteiger partial charge in [0.1, 0.15) is 5.82 Å². The van der Waals surface area contributed by atoms with Crippen LogP contribution in [0.1, 0.15) is 18.3 Å². The molecule has 1 aromatic heterocycles. The molecule has 0 aliphatic carbocycles. The molecular formula is C20H21BrN6OS. The van der Waals surface area contributed by atoms with Crippen LogP contribution >= 0.6 is 27.7 Å². The van der Waals surface area contributed by atoms with Gasteiger partial charge in [-0.25, -0.2) is 0 Å². The quantitative estimate of drug-likeness (QED) is 0.463. The van der Waals surface area contributed by atoms with Crippen molar-refractivity contribution in [3.05, 3.63) is 64.4 Å². The highest BCUT2D eigenvalue weighted by Gasteiger charge is 2.15. The molecule has 2 aromatic carbocycles. The van der Waals surface area contributed by atoms with Gasteiger partial charge in [-0.05, 0) is 49.7 Å². The van der Waals surface area contributed by atoms with E-state index in [0.29, 0.717) is 17.5 Å². The largest absolute Gasteiger partial charge is 0.368 e. The minimum absolute atomic E-state index is 0.0855. The Kier molecular flexibility index (Phi) is 7.05. The summed E-state index contributed by atoms with van der Waals surface area (Å²) in [6.07, 6.45) is 0. The minimum atomic E-state index is -0.288. The average Bonchev–Trinajstić information content (AvgIpc) is 2.69. The van der Waals surface area contributed by atoms with Gasteiger partial charge in [0.15, 0.2) is 0 Å². The Morgan fingerprint density at radius 1 is 1.14 bits per heavy atom. The lowest BCUT2D eigenvalue weighted by Gasteiger charge is -2.12. The van der Waals surface area contributed by atoms with Crippen molar-refractivity contribution >= 4 is 56.9 Å². The van der Waals surface area contributed by atoms with Crippen LogP contribution in [0.2, 0.25) is 0 Å². The van der Waals surface area contributed by atoms with Crippen LogP contribution in [0.25, 0.3) is 0 Å². The molecule has 0 saturated carbocycles. The number of anilines is 4. The molecule has 9 heteroatoms. The summed E-state index contributed by atoms with van der Waals surface area (Å²) in [7, 11) is 0. The van der Waals surface area contributed by atoms with Crippen LogP contribution in [0.5, 0.6) is 0 Å². The molecule has 0 radical (unpaired) electrons. The van der Waals surface area contributed by atoms with Crippen molar-refractivity contribution in [2.45, 2.75) is 24.9 Å². The summed E-state index contributed by atoms with van der Waals surface area (Å²) in [6.45, 7) is 3.84. The standard InChI is InChI=1S/C20H21BrN6OS/c1-12-5-3-4-6-16(12)24-20-26-17(25-19(22)27-20)11-29-13(2)18(28)23-15-9-7-14(21)8-10-15/h3-10,13H,11H2,1-2H3,(H,23,28)(H3,22,24,25,26,27)/t13-/m0/s1. The van der Waals surface area contributed by atoms with E-state index in [2.05, 4.69) is 41.5 Å². The van der Waals surface area contributed by atoms with Gasteiger partial charge < -0.3 is 16.4 Å². The fraction of sp³-hybridized carbons (Fsp3) is 0.200. The second kappa shape index (κ2) is 9.71. The molecule has 0 aliphatic rings. The molecule has 0 aliphatic heterocycles. The molecule has 29 heavy (non-hydrogen) atoms. The molecule has 1 heterocycles. The molecule has 1 amide bonds. The maximum Gasteiger partial charge on any atom is 0.237 e. The van der Waals surface area contributed by atoms with E-state index in [1.165, 1.54) is 11.8 Å². The molecular weight excluding hydrogens is 452 g/mol. The Bertz CT molecular complexity index is 999. The molecule has 0 saturated heterocycles. The summed E-state index contributed by atoms with van der Waals surface area (Å²) in [4.78, 5) is 25.1. The first-order chi connectivity index (χ1) is 13.9. The number of aromatic nitrogens is 3. The normalized spacial score (nSPS) is 11.7. The van der Waals surface area contributed by atoms with Crippen LogP contribution in [0.15, 0.2) is 53.0 Å². The number of rotatable bonds is 7. The van der Waals surface area contributed by atoms with Gasteiger partial charge in [0.05, 0.1) is 11.0 Å². The van der Waals surface area contributed by atoms with Crippen molar-refractivity contribution in [3.8, 4) is 0 Å². The Morgan fingerprint density at radius 2 is 1.86 bits per heavy atom. The van der Waals surface area contributed by atoms with Gasteiger partial charge >= 0.3 is 0 Å². The first-order valence-corrected chi connectivity index (χ1v) is 10.8. The number of thioether (sulfide) groups is 1. The van der Waals surface area contributed by atoms with Crippen molar-refractivity contribution < 1.29 is 4.79 Å². The number of halogens is 1. The fourth-order valence-electron chi connectivity index (χ4n) is 2.44. The van der Waals surface area contributed by atoms with Crippen LogP contribution in [0.3, 0.4) is 0 Å². The maximum atomic E-state index is 12.4. The number of para-hydroxylation sites is 1. The summed E-state index contributed by atoms with van der Waals surface area (Å²) in [6, 6.07) is 15.3. The van der Waals surface area contributed by atoms with Crippen molar-refractivity contribution in [1.29, 1.82) is 0 Å². The van der Waals surface area contributed by atoms with Crippen molar-refractivity contribution in [1.82, 2.24) is 15.0 Å². The van der Waals surface area contributed by atoms with E-state index < -0.39 is 0 Å². The number of nitrogens with zero attached hydrogens (tertiary/aromatic N) is 3. The van der Waals surface area contributed by atoms with Gasteiger partial charge in [0.25, 0.3) is 0 Å². The van der Waals surface area contributed by atoms with E-state index in [0.717, 1.165) is 21.4 Å². The zero-order chi connectivity index (χ0) is 20.8. The average molecular weight is 473 g/mol. The monoisotopic (exact) mass is 472 g/mol. The Labute approximate surface area is 182 Å². The number of carbonyl (C=O) groups excluding carboxylic acids is 1. The Hall–Kier alpha value is -2.65. The van der Waals surface area contributed by atoms with Crippen LogP contribution in [0.4, 0.5) is 23.3 Å². The number of amides is 1. The lowest BCUT2D eigenvalue weighted by Crippen LogP contribution is -2.22. The third-order valence-electron chi connectivity index (χ3n) is 4.03. The van der Waals surface area contributed by atoms with Gasteiger partial charge in [-0.1, -0.05) is 34.1 Å². The maximum absolute atomic E-state index is 12.4. The zero-order valence-corrected chi connectivity index (χ0v) is 18.4. The second-order valence-corrected chi connectivity index (χ2v) is 8.57. The predicted octanol–water partition coefficient (Wildman–Crippen LogP) is 4.53. The Morgan fingerprint density at radius 3 is 2.59 bits per heavy atom. The second-order valence-electron chi connectivity index (χ2n) is 6.32. The Balaban J connectivity index is 1.61. The minimum Gasteiger partial charge on any atom is -0.368 e. The molecule has 3 rings (SSSR count). The fourth-order valence-corrected chi connectivity index (χ4v) is 3.45. The summed E-state index contributed by atoms with van der Waals surface area (Å²) in [5, 5.41) is 5.77. The first kappa shape index (κ1) is 21.1. The molecule has 150 valence electrons. The van der Waals surface area contributed by atoms with E-state index in [1.807, 2.05) is 62.4 Å². The van der Waals surface area contributed by atoms with E-state index >= 15 is 0 Å². The molecule has 1 atom stereocenters. The molecule has 0 bridgehead atoms. The third-order valence-corrected chi connectivity index (χ3v) is 5.70. The molecule has 0 fully saturated rings. The molecule has 3 aromatic rings. The first-order valence-electron chi connectivity index (χ1n) is 8.92. The molecule has 7 nitrogen and oxygen atoms in total. The highest BCUT2D eigenvalue weighted by molar-refractivity contribution is 9.10. The molecule has 4 N–H and O–H groups in total. The lowest BCUT2D eigenvalue weighted by atomic mass is 10.2. The highest BCUT2D eigenvalue weighted by atomic mass is 79.9. The van der Waals surface area contributed by atoms with E-state index in [4.69, 9.17) is 5.73 Å². The number of nitrogens with one attached hydrogen (secondary N) is 2. The summed E-state index contributed by atoms with van der Waals surface area (Å²) >= 11 is 4.81. The summed E-state index contributed by atoms with van der Waals surface area (Å²) in [5.74, 6) is 1.39. The van der Waals surface area contributed by atoms with E-state index in [9.17, 15) is 4.79 Å². The number of hydrogen-bond donors (Lipinski definition) is 3. The number of carbonyl (C=O) groups is 1. The SMILES string of the molecule is Cc1ccccc1Nc1nc(N)nc(CS[C@@H](C)C(=O)Nc2ccc(Br)cc2)n1. The predicted molar refractivity (Wildman–Crippen MR) is 122 cm³/mol. The van der Waals surface area contributed by atoms with Crippen molar-refractivity contribution in [2.75, 3.05) is 16.4 Å². The van der Waals surface area contributed by atoms with Gasteiger partial charge in [-0.15, -0.1) is 11.8 Å². The molecule has 0 unspecified atom stereocenters. The number of hydrogen-bond acceptors (Lipinski definition) is 7. The van der Waals surface area contributed by atoms with Gasteiger partial charge in [-0.2, -0.15) is 15.0 Å². The van der Waals surface area contributed by atoms with Gasteiger partial charge in [0, 0.05) is 15.8 Å². The van der Waals surface area contributed by atoms with Crippen LogP contribution in [-0.4, -0.2) is 26.1 Å². The number of nitrogen functional groups attached to an aromatic ring is 1. The number of aryl methyl sites for hydroxylation is 1. The smallest absolute Gasteiger partial charge is 0.237 e. The number of nitrogens with two attached hydrogens (primary N) is 1. The van der Waals surface area contributed by atoms with Crippen LogP contribution in [0, 0.1) is 6.92 Å². The third kappa shape index (κ3) is 6.16. The van der Waals surface area contributed by atoms with Gasteiger partial charge in [0.2, 0.25) is 17.8 Å². The van der Waals surface area contributed by atoms with Crippen LogP contribution in [-0.2, 0) is 10.5 Å². The van der Waals surface area contributed by atoms with E-state index in [1.54, 1.807) is 0 Å². The van der Waals surface area contributed by atoms with E-state index in [-0.39, 0.29) is 17.1 Å². The topological polar surface area (TPSA) is 106 Å². The van der Waals surface area contributed by atoms with Crippen molar-refractivity contribution in [2.24, 2.45) is 0 Å².